The molecule has 0 aromatic heterocycles. The summed E-state index contributed by atoms with van der Waals surface area (Å²) in [5, 5.41) is 3.28. The molecule has 1 saturated heterocycles. The molecule has 2 nitrogen and oxygen atoms in total. The van der Waals surface area contributed by atoms with Gasteiger partial charge in [-0.15, -0.1) is 0 Å². The SMILES string of the molecule is CC.CC1NC(C)(CS)CO1. The molecular weight excluding hydrogens is 158 g/mol. The Kier molecular flexibility index (Phi) is 5.13. The first-order valence-electron chi connectivity index (χ1n) is 4.16. The minimum atomic E-state index is 0.0997. The van der Waals surface area contributed by atoms with Gasteiger partial charge in [0.1, 0.15) is 6.23 Å². The molecule has 0 spiro atoms. The zero-order valence-electron chi connectivity index (χ0n) is 7.85. The van der Waals surface area contributed by atoms with Gasteiger partial charge in [-0.05, 0) is 13.8 Å². The van der Waals surface area contributed by atoms with E-state index in [0.29, 0.717) is 0 Å². The van der Waals surface area contributed by atoms with Crippen molar-refractivity contribution in [1.82, 2.24) is 5.32 Å². The topological polar surface area (TPSA) is 21.3 Å². The van der Waals surface area contributed by atoms with E-state index in [9.17, 15) is 0 Å². The summed E-state index contributed by atoms with van der Waals surface area (Å²) >= 11 is 4.20. The molecule has 1 heterocycles. The van der Waals surface area contributed by atoms with E-state index in [1.54, 1.807) is 0 Å². The predicted molar refractivity (Wildman–Crippen MR) is 52.2 cm³/mol. The normalized spacial score (nSPS) is 36.3. The average molecular weight is 177 g/mol. The van der Waals surface area contributed by atoms with Crippen LogP contribution in [0.5, 0.6) is 0 Å². The van der Waals surface area contributed by atoms with Crippen molar-refractivity contribution in [2.75, 3.05) is 12.4 Å². The van der Waals surface area contributed by atoms with Crippen molar-refractivity contribution >= 4 is 12.6 Å². The number of hydrogen-bond donors (Lipinski definition) is 2. The monoisotopic (exact) mass is 177 g/mol. The Morgan fingerprint density at radius 1 is 1.64 bits per heavy atom. The zero-order valence-corrected chi connectivity index (χ0v) is 8.74. The quantitative estimate of drug-likeness (QED) is 0.595. The van der Waals surface area contributed by atoms with Crippen LogP contribution in [0.15, 0.2) is 0 Å². The number of nitrogens with one attached hydrogen (secondary N) is 1. The summed E-state index contributed by atoms with van der Waals surface area (Å²) in [7, 11) is 0. The predicted octanol–water partition coefficient (Wildman–Crippen LogP) is 1.67. The molecule has 0 amide bonds. The molecule has 1 fully saturated rings. The maximum Gasteiger partial charge on any atom is 0.105 e. The van der Waals surface area contributed by atoms with Crippen molar-refractivity contribution in [2.45, 2.75) is 39.5 Å². The third kappa shape index (κ3) is 3.45. The van der Waals surface area contributed by atoms with Crippen LogP contribution in [0.4, 0.5) is 0 Å². The summed E-state index contributed by atoms with van der Waals surface area (Å²) in [6.07, 6.45) is 0.196. The van der Waals surface area contributed by atoms with Crippen LogP contribution in [-0.2, 0) is 4.74 Å². The Bertz CT molecular complexity index is 110. The molecule has 11 heavy (non-hydrogen) atoms. The molecule has 0 radical (unpaired) electrons. The van der Waals surface area contributed by atoms with Crippen molar-refractivity contribution in [1.29, 1.82) is 0 Å². The second kappa shape index (κ2) is 5.01. The van der Waals surface area contributed by atoms with E-state index in [1.165, 1.54) is 0 Å². The number of rotatable bonds is 1. The van der Waals surface area contributed by atoms with Crippen molar-refractivity contribution in [2.24, 2.45) is 0 Å². The van der Waals surface area contributed by atoms with E-state index in [4.69, 9.17) is 4.74 Å². The van der Waals surface area contributed by atoms with E-state index < -0.39 is 0 Å². The van der Waals surface area contributed by atoms with Gasteiger partial charge in [-0.2, -0.15) is 12.6 Å². The summed E-state index contributed by atoms with van der Waals surface area (Å²) in [6, 6.07) is 0. The molecule has 68 valence electrons. The molecule has 2 atom stereocenters. The van der Waals surface area contributed by atoms with Gasteiger partial charge in [0.2, 0.25) is 0 Å². The van der Waals surface area contributed by atoms with Gasteiger partial charge in [-0.1, -0.05) is 13.8 Å². The fraction of sp³-hybridized carbons (Fsp3) is 1.00. The standard InChI is InChI=1S/C6H13NOS.C2H6/c1-5-7-6(2,4-9)3-8-5;1-2/h5,7,9H,3-4H2,1-2H3;1-2H3. The first kappa shape index (κ1) is 11.3. The highest BCUT2D eigenvalue weighted by atomic mass is 32.1. The Labute approximate surface area is 75.1 Å². The average Bonchev–Trinajstić information content (AvgIpc) is 2.37. The van der Waals surface area contributed by atoms with Crippen LogP contribution in [0.3, 0.4) is 0 Å². The van der Waals surface area contributed by atoms with E-state index in [2.05, 4.69) is 24.9 Å². The Morgan fingerprint density at radius 2 is 2.18 bits per heavy atom. The van der Waals surface area contributed by atoms with Gasteiger partial charge in [-0.3, -0.25) is 5.32 Å². The molecule has 0 aliphatic carbocycles. The van der Waals surface area contributed by atoms with E-state index in [0.717, 1.165) is 12.4 Å². The highest BCUT2D eigenvalue weighted by Gasteiger charge is 2.31. The lowest BCUT2D eigenvalue weighted by Crippen LogP contribution is -2.42. The fourth-order valence-electron chi connectivity index (χ4n) is 0.974. The maximum atomic E-state index is 5.30. The van der Waals surface area contributed by atoms with Crippen LogP contribution in [0.2, 0.25) is 0 Å². The van der Waals surface area contributed by atoms with Crippen LogP contribution in [-0.4, -0.2) is 24.1 Å². The summed E-state index contributed by atoms with van der Waals surface area (Å²) in [4.78, 5) is 0. The third-order valence-electron chi connectivity index (χ3n) is 1.55. The van der Waals surface area contributed by atoms with Crippen molar-refractivity contribution in [3.8, 4) is 0 Å². The summed E-state index contributed by atoms with van der Waals surface area (Å²) in [5.41, 5.74) is 0.0997. The van der Waals surface area contributed by atoms with Gasteiger partial charge in [0.15, 0.2) is 0 Å². The second-order valence-electron chi connectivity index (χ2n) is 2.82. The second-order valence-corrected chi connectivity index (χ2v) is 3.13. The van der Waals surface area contributed by atoms with Crippen LogP contribution in [0.25, 0.3) is 0 Å². The Morgan fingerprint density at radius 3 is 2.36 bits per heavy atom. The smallest absolute Gasteiger partial charge is 0.105 e. The lowest BCUT2D eigenvalue weighted by atomic mass is 10.1. The summed E-state index contributed by atoms with van der Waals surface area (Å²) < 4.78 is 5.30. The number of thiol groups is 1. The fourth-order valence-corrected chi connectivity index (χ4v) is 1.16. The van der Waals surface area contributed by atoms with Crippen LogP contribution in [0.1, 0.15) is 27.7 Å². The molecule has 0 aromatic carbocycles. The van der Waals surface area contributed by atoms with Gasteiger partial charge in [0.25, 0.3) is 0 Å². The van der Waals surface area contributed by atoms with E-state index in [1.807, 2.05) is 20.8 Å². The largest absolute Gasteiger partial charge is 0.362 e. The molecule has 1 rings (SSSR count). The Balaban J connectivity index is 0.000000461. The summed E-state index contributed by atoms with van der Waals surface area (Å²) in [5.74, 6) is 0.831. The van der Waals surface area contributed by atoms with Crippen LogP contribution in [0, 0.1) is 0 Å². The first-order chi connectivity index (χ1) is 5.16. The lowest BCUT2D eigenvalue weighted by Gasteiger charge is -2.19. The van der Waals surface area contributed by atoms with Crippen molar-refractivity contribution in [3.63, 3.8) is 0 Å². The molecule has 0 saturated carbocycles. The summed E-state index contributed by atoms with van der Waals surface area (Å²) in [6.45, 7) is 8.90. The highest BCUT2D eigenvalue weighted by molar-refractivity contribution is 7.80. The van der Waals surface area contributed by atoms with Gasteiger partial charge in [0.05, 0.1) is 6.61 Å². The molecule has 3 heteroatoms. The van der Waals surface area contributed by atoms with E-state index >= 15 is 0 Å². The molecule has 2 unspecified atom stereocenters. The van der Waals surface area contributed by atoms with Gasteiger partial charge in [0, 0.05) is 11.3 Å². The lowest BCUT2D eigenvalue weighted by molar-refractivity contribution is 0.113. The molecular formula is C8H19NOS. The number of hydrogen-bond acceptors (Lipinski definition) is 3. The molecule has 1 aliphatic heterocycles. The molecule has 0 bridgehead atoms. The minimum absolute atomic E-state index is 0.0997. The van der Waals surface area contributed by atoms with Crippen LogP contribution >= 0.6 is 12.6 Å². The molecule has 1 aliphatic rings. The maximum absolute atomic E-state index is 5.30. The van der Waals surface area contributed by atoms with E-state index in [-0.39, 0.29) is 11.8 Å². The number of ether oxygens (including phenoxy) is 1. The highest BCUT2D eigenvalue weighted by Crippen LogP contribution is 2.15. The Hall–Kier alpha value is 0.270. The van der Waals surface area contributed by atoms with Gasteiger partial charge >= 0.3 is 0 Å². The zero-order chi connectivity index (χ0) is 8.91. The first-order valence-corrected chi connectivity index (χ1v) is 4.80. The minimum Gasteiger partial charge on any atom is -0.362 e. The van der Waals surface area contributed by atoms with Crippen molar-refractivity contribution in [3.05, 3.63) is 0 Å². The van der Waals surface area contributed by atoms with Gasteiger partial charge in [-0.25, -0.2) is 0 Å². The third-order valence-corrected chi connectivity index (χ3v) is 2.25. The molecule has 0 aromatic rings. The van der Waals surface area contributed by atoms with Crippen molar-refractivity contribution < 1.29 is 4.74 Å². The van der Waals surface area contributed by atoms with Crippen LogP contribution < -0.4 is 5.32 Å². The van der Waals surface area contributed by atoms with Gasteiger partial charge < -0.3 is 4.74 Å². The molecule has 1 N–H and O–H groups in total.